The van der Waals surface area contributed by atoms with Crippen molar-refractivity contribution >= 4 is 11.6 Å². The van der Waals surface area contributed by atoms with Gasteiger partial charge in [-0.25, -0.2) is 4.98 Å². The minimum Gasteiger partial charge on any atom is -0.352 e. The third kappa shape index (κ3) is 2.14. The Labute approximate surface area is 122 Å². The Bertz CT molecular complexity index is 746. The molecule has 0 N–H and O–H groups in total. The molecule has 3 aromatic rings. The lowest BCUT2D eigenvalue weighted by atomic mass is 10.2. The molecule has 1 fully saturated rings. The van der Waals surface area contributed by atoms with Crippen molar-refractivity contribution in [2.75, 3.05) is 11.4 Å². The Morgan fingerprint density at radius 2 is 2.29 bits per heavy atom. The normalized spacial score (nSPS) is 18.7. The first-order chi connectivity index (χ1) is 10.3. The van der Waals surface area contributed by atoms with Crippen LogP contribution in [-0.2, 0) is 6.54 Å². The fourth-order valence-electron chi connectivity index (χ4n) is 3.07. The van der Waals surface area contributed by atoms with Crippen LogP contribution in [0.25, 0.3) is 5.78 Å². The Kier molecular flexibility index (Phi) is 2.83. The molecule has 0 aliphatic carbocycles. The topological polar surface area (TPSA) is 64.1 Å². The van der Waals surface area contributed by atoms with Gasteiger partial charge in [0.1, 0.15) is 12.1 Å². The van der Waals surface area contributed by atoms with Crippen molar-refractivity contribution in [3.05, 3.63) is 36.5 Å². The van der Waals surface area contributed by atoms with Crippen molar-refractivity contribution in [1.82, 2.24) is 29.4 Å². The van der Waals surface area contributed by atoms with Gasteiger partial charge in [-0.1, -0.05) is 0 Å². The van der Waals surface area contributed by atoms with Crippen LogP contribution >= 0.6 is 0 Å². The summed E-state index contributed by atoms with van der Waals surface area (Å²) in [5.74, 6) is 1.74. The lowest BCUT2D eigenvalue weighted by Gasteiger charge is -2.27. The van der Waals surface area contributed by atoms with E-state index >= 15 is 0 Å². The highest BCUT2D eigenvalue weighted by atomic mass is 15.4. The molecular formula is C14H17N7. The van der Waals surface area contributed by atoms with Crippen LogP contribution in [0.1, 0.15) is 18.5 Å². The van der Waals surface area contributed by atoms with Gasteiger partial charge in [-0.2, -0.15) is 19.7 Å². The van der Waals surface area contributed by atoms with Gasteiger partial charge in [-0.05, 0) is 25.8 Å². The van der Waals surface area contributed by atoms with Crippen LogP contribution in [0.2, 0.25) is 0 Å². The second-order valence-corrected chi connectivity index (χ2v) is 5.45. The quantitative estimate of drug-likeness (QED) is 0.725. The summed E-state index contributed by atoms with van der Waals surface area (Å²) in [6.45, 7) is 3.92. The van der Waals surface area contributed by atoms with Crippen molar-refractivity contribution in [3.8, 4) is 0 Å². The average molecular weight is 283 g/mol. The maximum Gasteiger partial charge on any atom is 0.254 e. The molecule has 0 saturated carbocycles. The predicted octanol–water partition coefficient (Wildman–Crippen LogP) is 1.30. The summed E-state index contributed by atoms with van der Waals surface area (Å²) in [7, 11) is 0. The SMILES string of the molecule is Cc1cc(N2CCC[C@H]2Cn2cccn2)n2ncnc2n1. The van der Waals surface area contributed by atoms with Gasteiger partial charge in [0.15, 0.2) is 0 Å². The lowest BCUT2D eigenvalue weighted by molar-refractivity contribution is 0.505. The van der Waals surface area contributed by atoms with Crippen molar-refractivity contribution in [2.45, 2.75) is 32.4 Å². The number of aryl methyl sites for hydroxylation is 1. The first-order valence-corrected chi connectivity index (χ1v) is 7.23. The molecule has 0 spiro atoms. The van der Waals surface area contributed by atoms with E-state index in [1.54, 1.807) is 6.33 Å². The Morgan fingerprint density at radius 3 is 3.14 bits per heavy atom. The van der Waals surface area contributed by atoms with Gasteiger partial charge in [0.25, 0.3) is 5.78 Å². The van der Waals surface area contributed by atoms with E-state index in [0.717, 1.165) is 31.0 Å². The van der Waals surface area contributed by atoms with Crippen LogP contribution in [-0.4, -0.2) is 41.9 Å². The number of rotatable bonds is 3. The molecule has 0 amide bonds. The van der Waals surface area contributed by atoms with Crippen LogP contribution in [0.3, 0.4) is 0 Å². The minimum atomic E-state index is 0.430. The summed E-state index contributed by atoms with van der Waals surface area (Å²) in [5.41, 5.74) is 0.968. The van der Waals surface area contributed by atoms with Gasteiger partial charge in [0.05, 0.1) is 12.6 Å². The number of hydrogen-bond donors (Lipinski definition) is 0. The van der Waals surface area contributed by atoms with E-state index < -0.39 is 0 Å². The Balaban J connectivity index is 1.71. The zero-order chi connectivity index (χ0) is 14.2. The third-order valence-corrected chi connectivity index (χ3v) is 3.99. The van der Waals surface area contributed by atoms with E-state index in [9.17, 15) is 0 Å². The number of hydrogen-bond acceptors (Lipinski definition) is 5. The molecule has 108 valence electrons. The molecule has 21 heavy (non-hydrogen) atoms. The van der Waals surface area contributed by atoms with Crippen LogP contribution in [0.4, 0.5) is 5.82 Å². The van der Waals surface area contributed by atoms with E-state index in [1.807, 2.05) is 34.6 Å². The molecule has 1 saturated heterocycles. The highest BCUT2D eigenvalue weighted by Crippen LogP contribution is 2.26. The van der Waals surface area contributed by atoms with E-state index in [-0.39, 0.29) is 0 Å². The highest BCUT2D eigenvalue weighted by molar-refractivity contribution is 5.48. The minimum absolute atomic E-state index is 0.430. The van der Waals surface area contributed by atoms with Crippen molar-refractivity contribution in [1.29, 1.82) is 0 Å². The molecule has 7 heteroatoms. The summed E-state index contributed by atoms with van der Waals surface area (Å²) < 4.78 is 3.82. The number of anilines is 1. The summed E-state index contributed by atoms with van der Waals surface area (Å²) in [4.78, 5) is 11.0. The van der Waals surface area contributed by atoms with E-state index in [0.29, 0.717) is 11.8 Å². The molecule has 0 radical (unpaired) electrons. The molecule has 1 aliphatic heterocycles. The highest BCUT2D eigenvalue weighted by Gasteiger charge is 2.27. The van der Waals surface area contributed by atoms with Crippen LogP contribution in [0.5, 0.6) is 0 Å². The molecule has 0 unspecified atom stereocenters. The average Bonchev–Trinajstić information content (AvgIpc) is 3.18. The molecule has 3 aromatic heterocycles. The third-order valence-electron chi connectivity index (χ3n) is 3.99. The number of nitrogens with zero attached hydrogens (tertiary/aromatic N) is 7. The van der Waals surface area contributed by atoms with Gasteiger partial charge in [-0.3, -0.25) is 4.68 Å². The number of fused-ring (bicyclic) bond motifs is 1. The van der Waals surface area contributed by atoms with Gasteiger partial charge < -0.3 is 4.90 Å². The molecule has 0 aromatic carbocycles. The standard InChI is InChI=1S/C14H17N7/c1-11-8-13(21-14(18-11)15-10-17-21)20-7-2-4-12(20)9-19-6-3-5-16-19/h3,5-6,8,10,12H,2,4,7,9H2,1H3/t12-/m0/s1. The fraction of sp³-hybridized carbons (Fsp3) is 0.429. The zero-order valence-electron chi connectivity index (χ0n) is 11.9. The van der Waals surface area contributed by atoms with Gasteiger partial charge >= 0.3 is 0 Å². The van der Waals surface area contributed by atoms with Gasteiger partial charge in [-0.15, -0.1) is 0 Å². The maximum absolute atomic E-state index is 4.41. The molecule has 0 bridgehead atoms. The second-order valence-electron chi connectivity index (χ2n) is 5.45. The fourth-order valence-corrected chi connectivity index (χ4v) is 3.07. The molecular weight excluding hydrogens is 266 g/mol. The Morgan fingerprint density at radius 1 is 1.33 bits per heavy atom. The van der Waals surface area contributed by atoms with Gasteiger partial charge in [0.2, 0.25) is 0 Å². The molecule has 4 heterocycles. The zero-order valence-corrected chi connectivity index (χ0v) is 11.9. The summed E-state index contributed by atoms with van der Waals surface area (Å²) in [5, 5.41) is 8.64. The number of aromatic nitrogens is 6. The molecule has 1 atom stereocenters. The second kappa shape index (κ2) is 4.83. The Hall–Kier alpha value is -2.44. The van der Waals surface area contributed by atoms with E-state index in [1.165, 1.54) is 6.42 Å². The molecule has 4 rings (SSSR count). The first-order valence-electron chi connectivity index (χ1n) is 7.23. The van der Waals surface area contributed by atoms with Crippen LogP contribution in [0.15, 0.2) is 30.9 Å². The molecule has 7 nitrogen and oxygen atoms in total. The maximum atomic E-state index is 4.41. The predicted molar refractivity (Wildman–Crippen MR) is 78.1 cm³/mol. The van der Waals surface area contributed by atoms with Crippen LogP contribution in [0, 0.1) is 6.92 Å². The van der Waals surface area contributed by atoms with E-state index in [2.05, 4.69) is 31.1 Å². The monoisotopic (exact) mass is 283 g/mol. The lowest BCUT2D eigenvalue weighted by Crippen LogP contribution is -2.34. The van der Waals surface area contributed by atoms with E-state index in [4.69, 9.17) is 0 Å². The summed E-state index contributed by atoms with van der Waals surface area (Å²) in [6, 6.07) is 4.48. The summed E-state index contributed by atoms with van der Waals surface area (Å²) >= 11 is 0. The van der Waals surface area contributed by atoms with Crippen LogP contribution < -0.4 is 4.90 Å². The first kappa shape index (κ1) is 12.3. The van der Waals surface area contributed by atoms with Gasteiger partial charge in [0, 0.05) is 30.7 Å². The van der Waals surface area contributed by atoms with Crippen molar-refractivity contribution in [3.63, 3.8) is 0 Å². The van der Waals surface area contributed by atoms with Crippen molar-refractivity contribution in [2.24, 2.45) is 0 Å². The smallest absolute Gasteiger partial charge is 0.254 e. The van der Waals surface area contributed by atoms with Crippen molar-refractivity contribution < 1.29 is 0 Å². The largest absolute Gasteiger partial charge is 0.352 e. The summed E-state index contributed by atoms with van der Waals surface area (Å²) in [6.07, 6.45) is 7.75. The molecule has 1 aliphatic rings.